The summed E-state index contributed by atoms with van der Waals surface area (Å²) < 4.78 is 37.0. The second kappa shape index (κ2) is 7.66. The van der Waals surface area contributed by atoms with Crippen LogP contribution in [0.25, 0.3) is 0 Å². The fourth-order valence-electron chi connectivity index (χ4n) is 3.99. The van der Waals surface area contributed by atoms with Crippen molar-refractivity contribution < 1.29 is 18.3 Å². The standard InChI is InChI=1S/C24H21F2NO2/c1-29-21-14-8-7-13-20(21)27-16-15-17-9-5-6-12-19(17)22(27)24(25,26)23(28)18-10-3-2-4-11-18/h2-14,22H,15-16H2,1H3. The predicted octanol–water partition coefficient (Wildman–Crippen LogP) is 5.32. The number of carbonyl (C=O) groups is 1. The Morgan fingerprint density at radius 1 is 0.966 bits per heavy atom. The zero-order chi connectivity index (χ0) is 20.4. The fourth-order valence-corrected chi connectivity index (χ4v) is 3.99. The Hall–Kier alpha value is -3.21. The van der Waals surface area contributed by atoms with E-state index in [4.69, 9.17) is 4.74 Å². The summed E-state index contributed by atoms with van der Waals surface area (Å²) in [6.07, 6.45) is 0.611. The Balaban J connectivity index is 1.86. The number of ether oxygens (including phenoxy) is 1. The zero-order valence-electron chi connectivity index (χ0n) is 16.0. The Morgan fingerprint density at radius 3 is 2.38 bits per heavy atom. The van der Waals surface area contributed by atoms with E-state index in [0.717, 1.165) is 5.56 Å². The molecule has 5 heteroatoms. The lowest BCUT2D eigenvalue weighted by atomic mass is 9.85. The first-order chi connectivity index (χ1) is 14.0. The lowest BCUT2D eigenvalue weighted by Crippen LogP contribution is -2.49. The van der Waals surface area contributed by atoms with E-state index >= 15 is 8.78 Å². The molecule has 1 aliphatic heterocycles. The molecule has 0 bridgehead atoms. The first kappa shape index (κ1) is 19.1. The number of hydrogen-bond acceptors (Lipinski definition) is 3. The summed E-state index contributed by atoms with van der Waals surface area (Å²) in [7, 11) is 1.51. The van der Waals surface area contributed by atoms with Gasteiger partial charge >= 0.3 is 5.92 Å². The predicted molar refractivity (Wildman–Crippen MR) is 109 cm³/mol. The summed E-state index contributed by atoms with van der Waals surface area (Å²) >= 11 is 0. The van der Waals surface area contributed by atoms with E-state index in [0.29, 0.717) is 30.0 Å². The van der Waals surface area contributed by atoms with Crippen LogP contribution in [0.2, 0.25) is 0 Å². The van der Waals surface area contributed by atoms with Crippen molar-refractivity contribution >= 4 is 11.5 Å². The lowest BCUT2D eigenvalue weighted by molar-refractivity contribution is -0.0105. The van der Waals surface area contributed by atoms with Gasteiger partial charge in [0.2, 0.25) is 5.78 Å². The van der Waals surface area contributed by atoms with Gasteiger partial charge in [-0.15, -0.1) is 0 Å². The highest BCUT2D eigenvalue weighted by Gasteiger charge is 2.53. The molecule has 1 aliphatic rings. The highest BCUT2D eigenvalue weighted by molar-refractivity contribution is 6.02. The maximum Gasteiger partial charge on any atom is 0.333 e. The first-order valence-electron chi connectivity index (χ1n) is 9.49. The van der Waals surface area contributed by atoms with E-state index in [-0.39, 0.29) is 5.56 Å². The molecule has 0 saturated carbocycles. The van der Waals surface area contributed by atoms with Gasteiger partial charge in [-0.25, -0.2) is 0 Å². The van der Waals surface area contributed by atoms with Crippen LogP contribution in [0.5, 0.6) is 5.75 Å². The quantitative estimate of drug-likeness (QED) is 0.550. The van der Waals surface area contributed by atoms with Crippen LogP contribution < -0.4 is 9.64 Å². The van der Waals surface area contributed by atoms with Crippen molar-refractivity contribution in [1.29, 1.82) is 0 Å². The summed E-state index contributed by atoms with van der Waals surface area (Å²) in [4.78, 5) is 14.5. The van der Waals surface area contributed by atoms with E-state index in [2.05, 4.69) is 0 Å². The highest BCUT2D eigenvalue weighted by atomic mass is 19.3. The van der Waals surface area contributed by atoms with E-state index in [9.17, 15) is 4.79 Å². The smallest absolute Gasteiger partial charge is 0.333 e. The summed E-state index contributed by atoms with van der Waals surface area (Å²) in [5, 5.41) is 0. The van der Waals surface area contributed by atoms with E-state index in [1.54, 1.807) is 59.5 Å². The molecule has 0 N–H and O–H groups in total. The molecule has 4 rings (SSSR count). The number of benzene rings is 3. The van der Waals surface area contributed by atoms with Gasteiger partial charge in [-0.1, -0.05) is 66.7 Å². The van der Waals surface area contributed by atoms with Crippen LogP contribution >= 0.6 is 0 Å². The normalized spacial score (nSPS) is 16.2. The van der Waals surface area contributed by atoms with Crippen molar-refractivity contribution in [3.05, 3.63) is 95.6 Å². The van der Waals surface area contributed by atoms with Crippen molar-refractivity contribution in [2.45, 2.75) is 18.4 Å². The third-order valence-corrected chi connectivity index (χ3v) is 5.36. The Bertz CT molecular complexity index is 1020. The summed E-state index contributed by atoms with van der Waals surface area (Å²) in [5.41, 5.74) is 1.86. The molecule has 29 heavy (non-hydrogen) atoms. The number of halogens is 2. The second-order valence-corrected chi connectivity index (χ2v) is 7.03. The monoisotopic (exact) mass is 393 g/mol. The number of para-hydroxylation sites is 2. The van der Waals surface area contributed by atoms with Gasteiger partial charge in [-0.05, 0) is 29.7 Å². The van der Waals surface area contributed by atoms with Crippen molar-refractivity contribution in [2.75, 3.05) is 18.6 Å². The van der Waals surface area contributed by atoms with Crippen molar-refractivity contribution in [3.63, 3.8) is 0 Å². The zero-order valence-corrected chi connectivity index (χ0v) is 16.0. The molecule has 0 aromatic heterocycles. The average molecular weight is 393 g/mol. The van der Waals surface area contributed by atoms with Crippen LogP contribution in [0.1, 0.15) is 27.5 Å². The lowest BCUT2D eigenvalue weighted by Gasteiger charge is -2.42. The average Bonchev–Trinajstić information content (AvgIpc) is 2.78. The Labute approximate surface area is 168 Å². The van der Waals surface area contributed by atoms with Gasteiger partial charge in [-0.2, -0.15) is 8.78 Å². The van der Waals surface area contributed by atoms with Gasteiger partial charge < -0.3 is 9.64 Å². The molecular weight excluding hydrogens is 372 g/mol. The summed E-state index contributed by atoms with van der Waals surface area (Å²) in [6.45, 7) is 0.361. The minimum Gasteiger partial charge on any atom is -0.495 e. The number of ketones is 1. The van der Waals surface area contributed by atoms with Crippen LogP contribution in [0.4, 0.5) is 14.5 Å². The van der Waals surface area contributed by atoms with Crippen LogP contribution in [0, 0.1) is 0 Å². The van der Waals surface area contributed by atoms with Gasteiger partial charge in [0.05, 0.1) is 12.8 Å². The number of rotatable bonds is 5. The number of Topliss-reactive ketones (excluding diaryl/α,β-unsaturated/α-hetero) is 1. The molecule has 3 nitrogen and oxygen atoms in total. The molecule has 0 radical (unpaired) electrons. The molecule has 1 heterocycles. The first-order valence-corrected chi connectivity index (χ1v) is 9.49. The molecule has 0 amide bonds. The van der Waals surface area contributed by atoms with Gasteiger partial charge in [0, 0.05) is 12.1 Å². The number of fused-ring (bicyclic) bond motifs is 1. The Kier molecular flexibility index (Phi) is 5.05. The minimum absolute atomic E-state index is 0.000492. The van der Waals surface area contributed by atoms with Gasteiger partial charge in [0.1, 0.15) is 11.8 Å². The third kappa shape index (κ3) is 3.37. The number of carbonyl (C=O) groups excluding carboxylic acids is 1. The molecule has 0 spiro atoms. The number of anilines is 1. The van der Waals surface area contributed by atoms with Crippen molar-refractivity contribution in [3.8, 4) is 5.75 Å². The maximum absolute atomic E-state index is 15.8. The summed E-state index contributed by atoms with van der Waals surface area (Å²) in [5.74, 6) is -4.31. The van der Waals surface area contributed by atoms with E-state index in [1.807, 2.05) is 12.1 Å². The molecular formula is C24H21F2NO2. The molecule has 0 saturated heterocycles. The van der Waals surface area contributed by atoms with E-state index in [1.165, 1.54) is 19.2 Å². The number of nitrogens with zero attached hydrogens (tertiary/aromatic N) is 1. The molecule has 3 aromatic carbocycles. The van der Waals surface area contributed by atoms with Crippen molar-refractivity contribution in [2.24, 2.45) is 0 Å². The van der Waals surface area contributed by atoms with Gasteiger partial charge in [0.25, 0.3) is 0 Å². The molecule has 3 aromatic rings. The molecule has 0 fully saturated rings. The van der Waals surface area contributed by atoms with Crippen molar-refractivity contribution in [1.82, 2.24) is 0 Å². The van der Waals surface area contributed by atoms with Crippen LogP contribution in [0.15, 0.2) is 78.9 Å². The van der Waals surface area contributed by atoms with Crippen LogP contribution in [0.3, 0.4) is 0 Å². The number of alkyl halides is 2. The minimum atomic E-state index is -3.63. The van der Waals surface area contributed by atoms with E-state index < -0.39 is 17.7 Å². The van der Waals surface area contributed by atoms with Gasteiger partial charge in [-0.3, -0.25) is 4.79 Å². The molecule has 0 aliphatic carbocycles. The van der Waals surface area contributed by atoms with Crippen LogP contribution in [-0.2, 0) is 6.42 Å². The second-order valence-electron chi connectivity index (χ2n) is 7.03. The molecule has 1 atom stereocenters. The third-order valence-electron chi connectivity index (χ3n) is 5.36. The molecule has 1 unspecified atom stereocenters. The maximum atomic E-state index is 15.8. The topological polar surface area (TPSA) is 29.5 Å². The highest BCUT2D eigenvalue weighted by Crippen LogP contribution is 2.46. The Morgan fingerprint density at radius 2 is 1.62 bits per heavy atom. The fraction of sp³-hybridized carbons (Fsp3) is 0.208. The number of hydrogen-bond donors (Lipinski definition) is 0. The molecule has 148 valence electrons. The summed E-state index contributed by atoms with van der Waals surface area (Å²) in [6, 6.07) is 20.5. The largest absolute Gasteiger partial charge is 0.495 e. The van der Waals surface area contributed by atoms with Crippen LogP contribution in [-0.4, -0.2) is 25.4 Å². The number of methoxy groups -OCH3 is 1. The van der Waals surface area contributed by atoms with Gasteiger partial charge in [0.15, 0.2) is 0 Å². The SMILES string of the molecule is COc1ccccc1N1CCc2ccccc2C1C(F)(F)C(=O)c1ccccc1.